The Kier molecular flexibility index (Phi) is 7.69. The van der Waals surface area contributed by atoms with Crippen molar-refractivity contribution < 1.29 is 14.3 Å². The van der Waals surface area contributed by atoms with E-state index < -0.39 is 0 Å². The van der Waals surface area contributed by atoms with Gasteiger partial charge in [-0.2, -0.15) is 0 Å². The number of para-hydroxylation sites is 2. The second-order valence-corrected chi connectivity index (χ2v) is 4.64. The molecule has 0 spiro atoms. The second kappa shape index (κ2) is 9.34. The van der Waals surface area contributed by atoms with Crippen molar-refractivity contribution in [1.29, 1.82) is 0 Å². The topological polar surface area (TPSA) is 59.6 Å². The molecule has 0 aliphatic heterocycles. The van der Waals surface area contributed by atoms with Crippen LogP contribution in [0.1, 0.15) is 13.3 Å². The van der Waals surface area contributed by atoms with Gasteiger partial charge in [0, 0.05) is 32.6 Å². The Bertz CT molecular complexity index is 410. The summed E-state index contributed by atoms with van der Waals surface area (Å²) in [4.78, 5) is 12.0. The Hall–Kier alpha value is -1.59. The lowest BCUT2D eigenvalue weighted by atomic mass is 10.1. The largest absolute Gasteiger partial charge is 0.491 e. The molecule has 0 fully saturated rings. The first kappa shape index (κ1) is 16.5. The summed E-state index contributed by atoms with van der Waals surface area (Å²) in [5.74, 6) is 0.572. The lowest BCUT2D eigenvalue weighted by Crippen LogP contribution is -2.28. The van der Waals surface area contributed by atoms with E-state index in [9.17, 15) is 4.79 Å². The fourth-order valence-corrected chi connectivity index (χ4v) is 1.74. The lowest BCUT2D eigenvalue weighted by Gasteiger charge is -2.15. The van der Waals surface area contributed by atoms with Gasteiger partial charge in [-0.1, -0.05) is 19.1 Å². The Balaban J connectivity index is 2.58. The highest BCUT2D eigenvalue weighted by Gasteiger charge is 2.13. The minimum Gasteiger partial charge on any atom is -0.491 e. The number of anilines is 1. The summed E-state index contributed by atoms with van der Waals surface area (Å²) in [7, 11) is 3.49. The van der Waals surface area contributed by atoms with Crippen molar-refractivity contribution in [1.82, 2.24) is 5.32 Å². The summed E-state index contributed by atoms with van der Waals surface area (Å²) in [6.07, 6.45) is 0.814. The third-order valence-corrected chi connectivity index (χ3v) is 2.85. The van der Waals surface area contributed by atoms with E-state index in [1.54, 1.807) is 7.11 Å². The molecule has 2 N–H and O–H groups in total. The molecule has 0 radical (unpaired) electrons. The maximum Gasteiger partial charge on any atom is 0.228 e. The minimum absolute atomic E-state index is 0.0210. The van der Waals surface area contributed by atoms with Crippen LogP contribution in [0.5, 0.6) is 5.75 Å². The average Bonchev–Trinajstić information content (AvgIpc) is 2.45. The molecule has 0 saturated carbocycles. The van der Waals surface area contributed by atoms with Crippen LogP contribution in [-0.4, -0.2) is 39.8 Å². The molecule has 1 aromatic carbocycles. The molecule has 1 unspecified atom stereocenters. The van der Waals surface area contributed by atoms with Crippen LogP contribution in [0.4, 0.5) is 5.69 Å². The zero-order valence-electron chi connectivity index (χ0n) is 12.4. The van der Waals surface area contributed by atoms with Gasteiger partial charge in [0.2, 0.25) is 5.91 Å². The quantitative estimate of drug-likeness (QED) is 0.678. The van der Waals surface area contributed by atoms with Crippen LogP contribution in [0, 0.1) is 5.92 Å². The molecule has 5 heteroatoms. The predicted molar refractivity (Wildman–Crippen MR) is 80.2 cm³/mol. The van der Waals surface area contributed by atoms with Gasteiger partial charge in [-0.3, -0.25) is 4.79 Å². The third-order valence-electron chi connectivity index (χ3n) is 2.85. The lowest BCUT2D eigenvalue weighted by molar-refractivity contribution is -0.119. The van der Waals surface area contributed by atoms with E-state index in [-0.39, 0.29) is 11.8 Å². The summed E-state index contributed by atoms with van der Waals surface area (Å²) in [5, 5.41) is 5.89. The number of hydrogen-bond donors (Lipinski definition) is 2. The van der Waals surface area contributed by atoms with Gasteiger partial charge in [0.05, 0.1) is 12.3 Å². The molecule has 0 aromatic heterocycles. The van der Waals surface area contributed by atoms with Crippen LogP contribution in [0.2, 0.25) is 0 Å². The fourth-order valence-electron chi connectivity index (χ4n) is 1.74. The Morgan fingerprint density at radius 1 is 1.30 bits per heavy atom. The molecule has 0 bridgehead atoms. The van der Waals surface area contributed by atoms with Crippen molar-refractivity contribution in [2.75, 3.05) is 39.2 Å². The molecule has 5 nitrogen and oxygen atoms in total. The number of benzene rings is 1. The number of methoxy groups -OCH3 is 1. The van der Waals surface area contributed by atoms with E-state index in [0.29, 0.717) is 31.2 Å². The van der Waals surface area contributed by atoms with Crippen molar-refractivity contribution in [2.45, 2.75) is 13.3 Å². The van der Waals surface area contributed by atoms with Crippen LogP contribution >= 0.6 is 0 Å². The van der Waals surface area contributed by atoms with Crippen molar-refractivity contribution >= 4 is 11.6 Å². The highest BCUT2D eigenvalue weighted by Crippen LogP contribution is 2.24. The van der Waals surface area contributed by atoms with Crippen LogP contribution < -0.4 is 15.4 Å². The number of rotatable bonds is 9. The molecule has 20 heavy (non-hydrogen) atoms. The van der Waals surface area contributed by atoms with Gasteiger partial charge >= 0.3 is 0 Å². The van der Waals surface area contributed by atoms with Gasteiger partial charge in [0.25, 0.3) is 0 Å². The molecular formula is C15H24N2O3. The fraction of sp³-hybridized carbons (Fsp3) is 0.533. The van der Waals surface area contributed by atoms with E-state index in [2.05, 4.69) is 10.6 Å². The maximum atomic E-state index is 12.0. The minimum atomic E-state index is -0.0958. The SMILES string of the molecule is CNCC(C)C(=O)Nc1ccccc1OCCCOC. The van der Waals surface area contributed by atoms with E-state index in [4.69, 9.17) is 9.47 Å². The number of hydrogen-bond acceptors (Lipinski definition) is 4. The smallest absolute Gasteiger partial charge is 0.228 e. The van der Waals surface area contributed by atoms with Gasteiger partial charge in [-0.05, 0) is 19.2 Å². The van der Waals surface area contributed by atoms with E-state index >= 15 is 0 Å². The molecule has 0 saturated heterocycles. The number of ether oxygens (including phenoxy) is 2. The van der Waals surface area contributed by atoms with Gasteiger partial charge in [-0.25, -0.2) is 0 Å². The highest BCUT2D eigenvalue weighted by molar-refractivity contribution is 5.93. The number of nitrogens with one attached hydrogen (secondary N) is 2. The van der Waals surface area contributed by atoms with Crippen LogP contribution in [0.3, 0.4) is 0 Å². The summed E-state index contributed by atoms with van der Waals surface area (Å²) < 4.78 is 10.6. The van der Waals surface area contributed by atoms with Crippen LogP contribution in [-0.2, 0) is 9.53 Å². The van der Waals surface area contributed by atoms with Crippen molar-refractivity contribution in [3.05, 3.63) is 24.3 Å². The van der Waals surface area contributed by atoms with Crippen LogP contribution in [0.15, 0.2) is 24.3 Å². The Labute approximate surface area is 120 Å². The molecule has 1 aromatic rings. The first-order chi connectivity index (χ1) is 9.69. The highest BCUT2D eigenvalue weighted by atomic mass is 16.5. The average molecular weight is 280 g/mol. The van der Waals surface area contributed by atoms with Crippen molar-refractivity contribution in [3.8, 4) is 5.75 Å². The number of carbonyl (C=O) groups is 1. The Morgan fingerprint density at radius 3 is 2.75 bits per heavy atom. The molecule has 0 aliphatic carbocycles. The number of carbonyl (C=O) groups excluding carboxylic acids is 1. The second-order valence-electron chi connectivity index (χ2n) is 4.64. The third kappa shape index (κ3) is 5.59. The van der Waals surface area contributed by atoms with Crippen molar-refractivity contribution in [3.63, 3.8) is 0 Å². The van der Waals surface area contributed by atoms with E-state index in [1.165, 1.54) is 0 Å². The number of amides is 1. The Morgan fingerprint density at radius 2 is 2.05 bits per heavy atom. The van der Waals surface area contributed by atoms with Crippen molar-refractivity contribution in [2.24, 2.45) is 5.92 Å². The molecular weight excluding hydrogens is 256 g/mol. The van der Waals surface area contributed by atoms with E-state index in [1.807, 2.05) is 38.2 Å². The molecule has 1 amide bonds. The van der Waals surface area contributed by atoms with E-state index in [0.717, 1.165) is 6.42 Å². The zero-order chi connectivity index (χ0) is 14.8. The maximum absolute atomic E-state index is 12.0. The molecule has 1 atom stereocenters. The van der Waals surface area contributed by atoms with Gasteiger partial charge in [-0.15, -0.1) is 0 Å². The summed E-state index contributed by atoms with van der Waals surface area (Å²) in [6, 6.07) is 7.46. The first-order valence-electron chi connectivity index (χ1n) is 6.85. The summed E-state index contributed by atoms with van der Waals surface area (Å²) >= 11 is 0. The van der Waals surface area contributed by atoms with Gasteiger partial charge in [0.15, 0.2) is 0 Å². The first-order valence-corrected chi connectivity index (χ1v) is 6.85. The summed E-state index contributed by atoms with van der Waals surface area (Å²) in [6.45, 7) is 3.75. The van der Waals surface area contributed by atoms with Gasteiger partial charge < -0.3 is 20.1 Å². The molecule has 112 valence electrons. The van der Waals surface area contributed by atoms with Gasteiger partial charge in [0.1, 0.15) is 5.75 Å². The van der Waals surface area contributed by atoms with Crippen LogP contribution in [0.25, 0.3) is 0 Å². The normalized spacial score (nSPS) is 11.9. The predicted octanol–water partition coefficient (Wildman–Crippen LogP) is 1.90. The molecule has 0 heterocycles. The zero-order valence-corrected chi connectivity index (χ0v) is 12.4. The monoisotopic (exact) mass is 280 g/mol. The standard InChI is InChI=1S/C15H24N2O3/c1-12(11-16-2)15(18)17-13-7-4-5-8-14(13)20-10-6-9-19-3/h4-5,7-8,12,16H,6,9-11H2,1-3H3,(H,17,18). The molecule has 1 rings (SSSR count). The summed E-state index contributed by atoms with van der Waals surface area (Å²) in [5.41, 5.74) is 0.706. The molecule has 0 aliphatic rings.